The maximum atomic E-state index is 12.8. The normalized spacial score (nSPS) is 14.3. The van der Waals surface area contributed by atoms with E-state index in [0.717, 1.165) is 27.8 Å². The van der Waals surface area contributed by atoms with Crippen molar-refractivity contribution in [3.8, 4) is 11.4 Å². The van der Waals surface area contributed by atoms with Gasteiger partial charge in [-0.3, -0.25) is 10.2 Å². The van der Waals surface area contributed by atoms with E-state index < -0.39 is 18.0 Å². The zero-order valence-corrected chi connectivity index (χ0v) is 20.4. The van der Waals surface area contributed by atoms with Crippen molar-refractivity contribution >= 4 is 40.6 Å². The minimum absolute atomic E-state index is 0.249. The molecule has 1 amide bonds. The van der Waals surface area contributed by atoms with Crippen molar-refractivity contribution < 1.29 is 18.0 Å². The standard InChI is InChI=1S/C27H24F3N7O/c1-16(13-33-31-2)17-5-7-21(8-6-17)34-24-9-10-32-25(36-24)19-4-3-18-11-23(35-22(18)12-19)26(38)37-14-20(15-37)27(28,29)30/h3-13,20,33,35H,2,14-15H2,1H3,(H,32,34,36)/b16-13+. The molecule has 0 bridgehead atoms. The monoisotopic (exact) mass is 519 g/mol. The summed E-state index contributed by atoms with van der Waals surface area (Å²) in [4.78, 5) is 25.8. The average Bonchev–Trinajstić information content (AvgIpc) is 3.30. The molecule has 0 spiro atoms. The Morgan fingerprint density at radius 1 is 1.16 bits per heavy atom. The van der Waals surface area contributed by atoms with Gasteiger partial charge in [-0.2, -0.15) is 18.3 Å². The van der Waals surface area contributed by atoms with Gasteiger partial charge >= 0.3 is 6.18 Å². The third-order valence-corrected chi connectivity index (χ3v) is 6.38. The number of rotatable bonds is 7. The number of nitrogens with one attached hydrogen (secondary N) is 3. The van der Waals surface area contributed by atoms with Gasteiger partial charge in [0, 0.05) is 54.4 Å². The SMILES string of the molecule is C=NN/C=C(\C)c1ccc(Nc2ccnc(-c3ccc4cc(C(=O)N5CC(C(F)(F)F)C5)[nH]c4c3)n2)cc1. The first kappa shape index (κ1) is 25.0. The molecule has 2 aromatic carbocycles. The van der Waals surface area contributed by atoms with Crippen LogP contribution in [0.4, 0.5) is 24.7 Å². The van der Waals surface area contributed by atoms with E-state index in [-0.39, 0.29) is 18.8 Å². The van der Waals surface area contributed by atoms with E-state index >= 15 is 0 Å². The van der Waals surface area contributed by atoms with Gasteiger partial charge < -0.3 is 15.2 Å². The van der Waals surface area contributed by atoms with E-state index in [1.807, 2.05) is 49.4 Å². The lowest BCUT2D eigenvalue weighted by molar-refractivity contribution is -0.202. The highest BCUT2D eigenvalue weighted by atomic mass is 19.4. The lowest BCUT2D eigenvalue weighted by Gasteiger charge is -2.39. The van der Waals surface area contributed by atoms with Gasteiger partial charge in [-0.05, 0) is 48.4 Å². The number of benzene rings is 2. The lowest BCUT2D eigenvalue weighted by Crippen LogP contribution is -2.55. The smallest absolute Gasteiger partial charge is 0.351 e. The molecule has 1 saturated heterocycles. The van der Waals surface area contributed by atoms with Crippen molar-refractivity contribution in [2.24, 2.45) is 11.0 Å². The van der Waals surface area contributed by atoms with E-state index in [4.69, 9.17) is 0 Å². The second kappa shape index (κ2) is 10.0. The number of hydrogen-bond donors (Lipinski definition) is 3. The molecule has 4 aromatic rings. The van der Waals surface area contributed by atoms with E-state index in [0.29, 0.717) is 17.2 Å². The van der Waals surface area contributed by atoms with Gasteiger partial charge in [-0.15, -0.1) is 0 Å². The Bertz CT molecular complexity index is 1520. The van der Waals surface area contributed by atoms with Crippen molar-refractivity contribution in [2.45, 2.75) is 13.1 Å². The van der Waals surface area contributed by atoms with Crippen LogP contribution in [0.3, 0.4) is 0 Å². The summed E-state index contributed by atoms with van der Waals surface area (Å²) < 4.78 is 38.3. The summed E-state index contributed by atoms with van der Waals surface area (Å²) in [7, 11) is 0. The molecule has 1 aliphatic heterocycles. The van der Waals surface area contributed by atoms with Gasteiger partial charge in [0.2, 0.25) is 0 Å². The predicted octanol–water partition coefficient (Wildman–Crippen LogP) is 5.57. The molecular formula is C27H24F3N7O. The molecule has 3 N–H and O–H groups in total. The average molecular weight is 520 g/mol. The van der Waals surface area contributed by atoms with Crippen LogP contribution in [-0.4, -0.2) is 51.7 Å². The van der Waals surface area contributed by atoms with Gasteiger partial charge in [0.25, 0.3) is 5.91 Å². The zero-order valence-electron chi connectivity index (χ0n) is 20.4. The predicted molar refractivity (Wildman–Crippen MR) is 141 cm³/mol. The molecule has 38 heavy (non-hydrogen) atoms. The Hall–Kier alpha value is -4.67. The molecule has 1 aliphatic rings. The van der Waals surface area contributed by atoms with Crippen LogP contribution in [0.5, 0.6) is 0 Å². The summed E-state index contributed by atoms with van der Waals surface area (Å²) in [6.07, 6.45) is -0.870. The fraction of sp³-hybridized carbons (Fsp3) is 0.185. The summed E-state index contributed by atoms with van der Waals surface area (Å²) in [6.45, 7) is 4.71. The van der Waals surface area contributed by atoms with Crippen LogP contribution >= 0.6 is 0 Å². The molecule has 3 heterocycles. The number of aromatic amines is 1. The molecular weight excluding hydrogens is 495 g/mol. The molecule has 5 rings (SSSR count). The number of amides is 1. The van der Waals surface area contributed by atoms with Crippen molar-refractivity contribution in [2.75, 3.05) is 18.4 Å². The molecule has 0 radical (unpaired) electrons. The van der Waals surface area contributed by atoms with Crippen LogP contribution < -0.4 is 10.7 Å². The summed E-state index contributed by atoms with van der Waals surface area (Å²) in [5.41, 5.74) is 7.25. The first-order valence-corrected chi connectivity index (χ1v) is 11.8. The number of fused-ring (bicyclic) bond motifs is 1. The fourth-order valence-corrected chi connectivity index (χ4v) is 4.16. The minimum Gasteiger partial charge on any atom is -0.351 e. The van der Waals surface area contributed by atoms with Crippen LogP contribution in [0.1, 0.15) is 23.0 Å². The number of likely N-dealkylation sites (tertiary alicyclic amines) is 1. The molecule has 0 atom stereocenters. The van der Waals surface area contributed by atoms with Crippen LogP contribution in [0.2, 0.25) is 0 Å². The van der Waals surface area contributed by atoms with Crippen molar-refractivity contribution in [3.05, 3.63) is 78.3 Å². The third-order valence-electron chi connectivity index (χ3n) is 6.38. The van der Waals surface area contributed by atoms with Crippen LogP contribution in [0, 0.1) is 5.92 Å². The molecule has 2 aromatic heterocycles. The maximum Gasteiger partial charge on any atom is 0.395 e. The summed E-state index contributed by atoms with van der Waals surface area (Å²) in [5, 5.41) is 7.63. The Kier molecular flexibility index (Phi) is 6.58. The Labute approximate surface area is 216 Å². The van der Waals surface area contributed by atoms with Gasteiger partial charge in [-0.25, -0.2) is 9.97 Å². The zero-order chi connectivity index (χ0) is 26.9. The van der Waals surface area contributed by atoms with E-state index in [9.17, 15) is 18.0 Å². The first-order chi connectivity index (χ1) is 18.2. The van der Waals surface area contributed by atoms with Crippen molar-refractivity contribution in [3.63, 3.8) is 0 Å². The largest absolute Gasteiger partial charge is 0.395 e. The highest BCUT2D eigenvalue weighted by molar-refractivity contribution is 5.99. The second-order valence-electron chi connectivity index (χ2n) is 9.02. The Morgan fingerprint density at radius 2 is 1.92 bits per heavy atom. The highest BCUT2D eigenvalue weighted by Gasteiger charge is 2.48. The Morgan fingerprint density at radius 3 is 2.63 bits per heavy atom. The second-order valence-corrected chi connectivity index (χ2v) is 9.02. The lowest BCUT2D eigenvalue weighted by atomic mass is 9.99. The van der Waals surface area contributed by atoms with Crippen LogP contribution in [0.15, 0.2) is 72.1 Å². The van der Waals surface area contributed by atoms with Crippen molar-refractivity contribution in [1.29, 1.82) is 0 Å². The highest BCUT2D eigenvalue weighted by Crippen LogP contribution is 2.34. The summed E-state index contributed by atoms with van der Waals surface area (Å²) in [5.74, 6) is -0.826. The first-order valence-electron chi connectivity index (χ1n) is 11.8. The minimum atomic E-state index is -4.28. The fourth-order valence-electron chi connectivity index (χ4n) is 4.16. The number of aromatic nitrogens is 3. The molecule has 8 nitrogen and oxygen atoms in total. The number of H-pyrrole nitrogens is 1. The van der Waals surface area contributed by atoms with Gasteiger partial charge in [-0.1, -0.05) is 24.3 Å². The number of allylic oxidation sites excluding steroid dienone is 1. The number of carbonyl (C=O) groups excluding carboxylic acids is 1. The topological polar surface area (TPSA) is 98.3 Å². The number of carbonyl (C=O) groups is 1. The molecule has 0 aliphatic carbocycles. The van der Waals surface area contributed by atoms with Crippen LogP contribution in [-0.2, 0) is 0 Å². The number of alkyl halides is 3. The number of halogens is 3. The number of hydrazone groups is 1. The van der Waals surface area contributed by atoms with Gasteiger partial charge in [0.05, 0.1) is 5.92 Å². The number of anilines is 2. The maximum absolute atomic E-state index is 12.8. The molecule has 0 unspecified atom stereocenters. The van der Waals surface area contributed by atoms with Crippen LogP contribution in [0.25, 0.3) is 27.9 Å². The number of hydrogen-bond acceptors (Lipinski definition) is 6. The summed E-state index contributed by atoms with van der Waals surface area (Å²) in [6, 6.07) is 16.7. The van der Waals surface area contributed by atoms with Crippen molar-refractivity contribution in [1.82, 2.24) is 25.3 Å². The quantitative estimate of drug-likeness (QED) is 0.219. The van der Waals surface area contributed by atoms with Gasteiger partial charge in [0.1, 0.15) is 11.5 Å². The summed E-state index contributed by atoms with van der Waals surface area (Å²) >= 11 is 0. The number of nitrogens with zero attached hydrogens (tertiary/aromatic N) is 4. The van der Waals surface area contributed by atoms with E-state index in [1.165, 1.54) is 4.90 Å². The third kappa shape index (κ3) is 5.22. The van der Waals surface area contributed by atoms with E-state index in [1.54, 1.807) is 24.5 Å². The van der Waals surface area contributed by atoms with E-state index in [2.05, 4.69) is 37.5 Å². The molecule has 0 saturated carbocycles. The molecule has 1 fully saturated rings. The van der Waals surface area contributed by atoms with Gasteiger partial charge in [0.15, 0.2) is 5.82 Å². The molecule has 194 valence electrons. The molecule has 11 heteroatoms. The Balaban J connectivity index is 1.30.